The molecule has 1 aromatic heterocycles. The van der Waals surface area contributed by atoms with Gasteiger partial charge in [-0.05, 0) is 72.5 Å². The number of carbonyl (C=O) groups excluding carboxylic acids is 1. The Kier molecular flexibility index (Phi) is 4.92. The number of pyridine rings is 1. The lowest BCUT2D eigenvalue weighted by Crippen LogP contribution is -2.31. The number of hydrogen-bond acceptors (Lipinski definition) is 3. The van der Waals surface area contributed by atoms with E-state index in [9.17, 15) is 9.59 Å². The van der Waals surface area contributed by atoms with Crippen LogP contribution in [0.25, 0.3) is 0 Å². The van der Waals surface area contributed by atoms with E-state index in [4.69, 9.17) is 16.3 Å². The number of methoxy groups -OCH3 is 1. The predicted octanol–water partition coefficient (Wildman–Crippen LogP) is 4.30. The van der Waals surface area contributed by atoms with Crippen LogP contribution >= 0.6 is 11.6 Å². The molecule has 0 radical (unpaired) electrons. The van der Waals surface area contributed by atoms with Crippen molar-refractivity contribution in [1.82, 2.24) is 4.57 Å². The molecule has 0 saturated carbocycles. The molecule has 1 aliphatic rings. The zero-order chi connectivity index (χ0) is 19.7. The number of halogens is 1. The molecule has 1 unspecified atom stereocenters. The van der Waals surface area contributed by atoms with Crippen LogP contribution in [0.1, 0.15) is 33.9 Å². The molecule has 4 rings (SSSR count). The fourth-order valence-corrected chi connectivity index (χ4v) is 3.76. The maximum absolute atomic E-state index is 13.1. The lowest BCUT2D eigenvalue weighted by molar-refractivity contribution is 0.102. The standard InChI is InChI=1S/C22H19ClN2O3/c1-28-17-10-4-14-5-11-20(19(14)13-17)25-12-2-3-18(22(25)27)21(26)24-16-8-6-15(23)7-9-16/h2-4,6-10,12-13,20H,5,11H2,1H3,(H,24,26). The van der Waals surface area contributed by atoms with Gasteiger partial charge in [0.1, 0.15) is 11.3 Å². The van der Waals surface area contributed by atoms with Gasteiger partial charge in [0.05, 0.1) is 13.2 Å². The summed E-state index contributed by atoms with van der Waals surface area (Å²) >= 11 is 5.87. The minimum atomic E-state index is -0.439. The van der Waals surface area contributed by atoms with Crippen LogP contribution in [0.2, 0.25) is 5.02 Å². The highest BCUT2D eigenvalue weighted by molar-refractivity contribution is 6.30. The third-order valence-corrected chi connectivity index (χ3v) is 5.31. The summed E-state index contributed by atoms with van der Waals surface area (Å²) in [6, 6.07) is 15.9. The Labute approximate surface area is 167 Å². The average molecular weight is 395 g/mol. The van der Waals surface area contributed by atoms with Gasteiger partial charge >= 0.3 is 0 Å². The Morgan fingerprint density at radius 1 is 1.18 bits per heavy atom. The summed E-state index contributed by atoms with van der Waals surface area (Å²) in [7, 11) is 1.62. The molecular formula is C22H19ClN2O3. The van der Waals surface area contributed by atoms with E-state index >= 15 is 0 Å². The highest BCUT2D eigenvalue weighted by atomic mass is 35.5. The molecule has 2 aromatic carbocycles. The van der Waals surface area contributed by atoms with Crippen LogP contribution in [0.15, 0.2) is 65.6 Å². The third-order valence-electron chi connectivity index (χ3n) is 5.06. The Balaban J connectivity index is 1.66. The number of rotatable bonds is 4. The second-order valence-corrected chi connectivity index (χ2v) is 7.15. The molecule has 1 atom stereocenters. The molecule has 1 amide bonds. The van der Waals surface area contributed by atoms with Gasteiger partial charge in [-0.1, -0.05) is 17.7 Å². The minimum Gasteiger partial charge on any atom is -0.497 e. The van der Waals surface area contributed by atoms with Gasteiger partial charge in [0.25, 0.3) is 11.5 Å². The van der Waals surface area contributed by atoms with Crippen molar-refractivity contribution in [2.45, 2.75) is 18.9 Å². The molecule has 6 heteroatoms. The summed E-state index contributed by atoms with van der Waals surface area (Å²) in [5.74, 6) is 0.320. The fraction of sp³-hybridized carbons (Fsp3) is 0.182. The Hall–Kier alpha value is -3.05. The first-order valence-corrected chi connectivity index (χ1v) is 9.39. The maximum atomic E-state index is 13.1. The molecule has 3 aromatic rings. The van der Waals surface area contributed by atoms with Crippen molar-refractivity contribution >= 4 is 23.2 Å². The summed E-state index contributed by atoms with van der Waals surface area (Å²) < 4.78 is 6.97. The molecule has 1 N–H and O–H groups in total. The lowest BCUT2D eigenvalue weighted by atomic mass is 10.1. The number of carbonyl (C=O) groups is 1. The maximum Gasteiger partial charge on any atom is 0.263 e. The number of aromatic nitrogens is 1. The number of anilines is 1. The van der Waals surface area contributed by atoms with E-state index in [2.05, 4.69) is 5.32 Å². The third kappa shape index (κ3) is 3.41. The van der Waals surface area contributed by atoms with Gasteiger partial charge < -0.3 is 14.6 Å². The van der Waals surface area contributed by atoms with Crippen molar-refractivity contribution in [3.8, 4) is 5.75 Å². The van der Waals surface area contributed by atoms with Crippen molar-refractivity contribution in [2.75, 3.05) is 12.4 Å². The fourth-order valence-electron chi connectivity index (χ4n) is 3.63. The van der Waals surface area contributed by atoms with E-state index < -0.39 is 5.91 Å². The zero-order valence-corrected chi connectivity index (χ0v) is 16.1. The predicted molar refractivity (Wildman–Crippen MR) is 110 cm³/mol. The van der Waals surface area contributed by atoms with Gasteiger partial charge in [0, 0.05) is 16.9 Å². The molecule has 142 valence electrons. The van der Waals surface area contributed by atoms with Gasteiger partial charge in [-0.25, -0.2) is 0 Å². The molecule has 0 fully saturated rings. The number of fused-ring (bicyclic) bond motifs is 1. The highest BCUT2D eigenvalue weighted by Gasteiger charge is 2.26. The molecule has 1 aliphatic carbocycles. The molecule has 0 bridgehead atoms. The molecule has 0 spiro atoms. The Morgan fingerprint density at radius 3 is 2.71 bits per heavy atom. The van der Waals surface area contributed by atoms with Crippen molar-refractivity contribution in [2.24, 2.45) is 0 Å². The van der Waals surface area contributed by atoms with Crippen LogP contribution < -0.4 is 15.6 Å². The van der Waals surface area contributed by atoms with Crippen LogP contribution in [0.5, 0.6) is 5.75 Å². The first kappa shape index (κ1) is 18.3. The van der Waals surface area contributed by atoms with Crippen molar-refractivity contribution < 1.29 is 9.53 Å². The molecular weight excluding hydrogens is 376 g/mol. The van der Waals surface area contributed by atoms with Gasteiger partial charge in [0.2, 0.25) is 0 Å². The first-order chi connectivity index (χ1) is 13.6. The summed E-state index contributed by atoms with van der Waals surface area (Å²) in [4.78, 5) is 25.7. The minimum absolute atomic E-state index is 0.105. The average Bonchev–Trinajstić information content (AvgIpc) is 3.12. The van der Waals surface area contributed by atoms with Gasteiger partial charge in [-0.2, -0.15) is 0 Å². The molecule has 1 heterocycles. The summed E-state index contributed by atoms with van der Waals surface area (Å²) in [5.41, 5.74) is 2.65. The second-order valence-electron chi connectivity index (χ2n) is 6.71. The van der Waals surface area contributed by atoms with Crippen LogP contribution in [-0.4, -0.2) is 17.6 Å². The topological polar surface area (TPSA) is 60.3 Å². The van der Waals surface area contributed by atoms with Gasteiger partial charge in [-0.15, -0.1) is 0 Å². The largest absolute Gasteiger partial charge is 0.497 e. The number of ether oxygens (including phenoxy) is 1. The highest BCUT2D eigenvalue weighted by Crippen LogP contribution is 2.35. The SMILES string of the molecule is COc1ccc2c(c1)C(n1cccc(C(=O)Nc3ccc(Cl)cc3)c1=O)CC2. The lowest BCUT2D eigenvalue weighted by Gasteiger charge is -2.17. The van der Waals surface area contributed by atoms with Gasteiger partial charge in [-0.3, -0.25) is 9.59 Å². The Bertz CT molecular complexity index is 1090. The number of nitrogens with one attached hydrogen (secondary N) is 1. The first-order valence-electron chi connectivity index (χ1n) is 9.01. The van der Waals surface area contributed by atoms with E-state index in [0.717, 1.165) is 24.2 Å². The van der Waals surface area contributed by atoms with Crippen LogP contribution in [0, 0.1) is 0 Å². The summed E-state index contributed by atoms with van der Waals surface area (Å²) in [5, 5.41) is 3.33. The second kappa shape index (κ2) is 7.52. The number of nitrogens with zero attached hydrogens (tertiary/aromatic N) is 1. The van der Waals surface area contributed by atoms with Crippen molar-refractivity contribution in [1.29, 1.82) is 0 Å². The van der Waals surface area contributed by atoms with Crippen LogP contribution in [0.3, 0.4) is 0 Å². The monoisotopic (exact) mass is 394 g/mol. The number of amides is 1. The van der Waals surface area contributed by atoms with Crippen molar-refractivity contribution in [3.63, 3.8) is 0 Å². The summed E-state index contributed by atoms with van der Waals surface area (Å²) in [6.45, 7) is 0. The number of aryl methyl sites for hydroxylation is 1. The smallest absolute Gasteiger partial charge is 0.263 e. The van der Waals surface area contributed by atoms with Gasteiger partial charge in [0.15, 0.2) is 0 Å². The van der Waals surface area contributed by atoms with Crippen LogP contribution in [-0.2, 0) is 6.42 Å². The molecule has 5 nitrogen and oxygen atoms in total. The number of benzene rings is 2. The van der Waals surface area contributed by atoms with E-state index in [1.807, 2.05) is 18.2 Å². The normalized spacial score (nSPS) is 15.1. The van der Waals surface area contributed by atoms with E-state index in [1.165, 1.54) is 5.56 Å². The van der Waals surface area contributed by atoms with Crippen molar-refractivity contribution in [3.05, 3.63) is 92.9 Å². The quantitative estimate of drug-likeness (QED) is 0.717. The van der Waals surface area contributed by atoms with Crippen LogP contribution in [0.4, 0.5) is 5.69 Å². The number of hydrogen-bond donors (Lipinski definition) is 1. The Morgan fingerprint density at radius 2 is 1.96 bits per heavy atom. The summed E-state index contributed by atoms with van der Waals surface area (Å²) in [6.07, 6.45) is 3.43. The van der Waals surface area contributed by atoms with E-state index in [0.29, 0.717) is 10.7 Å². The molecule has 28 heavy (non-hydrogen) atoms. The van der Waals surface area contributed by atoms with E-state index in [1.54, 1.807) is 54.3 Å². The zero-order valence-electron chi connectivity index (χ0n) is 15.3. The molecule has 0 saturated heterocycles. The molecule has 0 aliphatic heterocycles. The van der Waals surface area contributed by atoms with E-state index in [-0.39, 0.29) is 17.2 Å².